The monoisotopic (exact) mass is 498 g/mol. The van der Waals surface area contributed by atoms with Gasteiger partial charge in [0.15, 0.2) is 0 Å². The van der Waals surface area contributed by atoms with E-state index in [-0.39, 0.29) is 17.9 Å². The zero-order valence-corrected chi connectivity index (χ0v) is 17.9. The number of aromatic nitrogens is 1. The van der Waals surface area contributed by atoms with Gasteiger partial charge in [-0.05, 0) is 35.9 Å². The number of halogens is 6. The summed E-state index contributed by atoms with van der Waals surface area (Å²) >= 11 is 0. The number of hydrogen-bond acceptors (Lipinski definition) is 6. The van der Waals surface area contributed by atoms with E-state index < -0.39 is 52.5 Å². The second-order valence-electron chi connectivity index (χ2n) is 7.55. The van der Waals surface area contributed by atoms with Crippen LogP contribution in [-0.2, 0) is 18.1 Å². The molecule has 0 aliphatic rings. The summed E-state index contributed by atoms with van der Waals surface area (Å²) in [6, 6.07) is 6.73. The van der Waals surface area contributed by atoms with E-state index in [1.165, 1.54) is 0 Å². The first-order valence-electron chi connectivity index (χ1n) is 9.87. The normalized spacial score (nSPS) is 13.6. The Bertz CT molecular complexity index is 1190. The fourth-order valence-electron chi connectivity index (χ4n) is 3.36. The van der Waals surface area contributed by atoms with Crippen molar-refractivity contribution in [1.29, 1.82) is 0 Å². The minimum Gasteiger partial charge on any atom is -0.487 e. The van der Waals surface area contributed by atoms with Crippen LogP contribution in [0.3, 0.4) is 0 Å². The Labute approximate surface area is 195 Å². The summed E-state index contributed by atoms with van der Waals surface area (Å²) < 4.78 is 91.3. The van der Waals surface area contributed by atoms with Crippen LogP contribution in [0.2, 0.25) is 0 Å². The van der Waals surface area contributed by atoms with E-state index in [2.05, 4.69) is 10.1 Å². The SMILES string of the molecule is N/N=C\N(N)CC(N)(c1ccc(F)cc1F)C(F)(F)c1ccc(OCc2cc(F)cc(F)c2)cn1. The van der Waals surface area contributed by atoms with Crippen LogP contribution >= 0.6 is 0 Å². The molecule has 3 rings (SSSR count). The average molecular weight is 498 g/mol. The third-order valence-electron chi connectivity index (χ3n) is 5.00. The predicted octanol–water partition coefficient (Wildman–Crippen LogP) is 3.24. The Morgan fingerprint density at radius 2 is 1.66 bits per heavy atom. The van der Waals surface area contributed by atoms with Gasteiger partial charge in [-0.25, -0.2) is 23.4 Å². The smallest absolute Gasteiger partial charge is 0.313 e. The van der Waals surface area contributed by atoms with Crippen molar-refractivity contribution in [3.63, 3.8) is 0 Å². The highest BCUT2D eigenvalue weighted by molar-refractivity contribution is 5.54. The van der Waals surface area contributed by atoms with Crippen LogP contribution in [0.1, 0.15) is 16.8 Å². The topological polar surface area (TPSA) is 116 Å². The molecule has 7 nitrogen and oxygen atoms in total. The van der Waals surface area contributed by atoms with Crippen LogP contribution in [0.15, 0.2) is 59.8 Å². The molecule has 0 fully saturated rings. The lowest BCUT2D eigenvalue weighted by molar-refractivity contribution is -0.0964. The molecular weight excluding hydrogens is 478 g/mol. The van der Waals surface area contributed by atoms with Gasteiger partial charge in [0, 0.05) is 17.7 Å². The first-order valence-corrected chi connectivity index (χ1v) is 9.87. The number of ether oxygens (including phenoxy) is 1. The van der Waals surface area contributed by atoms with Gasteiger partial charge in [0.2, 0.25) is 0 Å². The lowest BCUT2D eigenvalue weighted by atomic mass is 9.82. The Balaban J connectivity index is 1.91. The molecule has 3 aromatic rings. The number of alkyl halides is 2. The summed E-state index contributed by atoms with van der Waals surface area (Å²) in [7, 11) is 0. The summed E-state index contributed by atoms with van der Waals surface area (Å²) in [6.07, 6.45) is 1.72. The number of benzene rings is 2. The molecule has 6 N–H and O–H groups in total. The molecule has 2 aromatic carbocycles. The molecule has 0 saturated carbocycles. The summed E-state index contributed by atoms with van der Waals surface area (Å²) in [5, 5.41) is 3.73. The van der Waals surface area contributed by atoms with E-state index in [1.54, 1.807) is 0 Å². The molecule has 0 radical (unpaired) electrons. The predicted molar refractivity (Wildman–Crippen MR) is 115 cm³/mol. The lowest BCUT2D eigenvalue weighted by Crippen LogP contribution is -2.59. The second kappa shape index (κ2) is 10.2. The van der Waals surface area contributed by atoms with Crippen LogP contribution in [0.25, 0.3) is 0 Å². The summed E-state index contributed by atoms with van der Waals surface area (Å²) in [5.41, 5.74) is 1.72. The van der Waals surface area contributed by atoms with Crippen molar-refractivity contribution in [1.82, 2.24) is 9.99 Å². The summed E-state index contributed by atoms with van der Waals surface area (Å²) in [4.78, 5) is 3.67. The first-order chi connectivity index (χ1) is 16.5. The number of nitrogens with zero attached hydrogens (tertiary/aromatic N) is 3. The fourth-order valence-corrected chi connectivity index (χ4v) is 3.36. The largest absolute Gasteiger partial charge is 0.487 e. The van der Waals surface area contributed by atoms with E-state index in [0.29, 0.717) is 17.1 Å². The van der Waals surface area contributed by atoms with Gasteiger partial charge >= 0.3 is 5.92 Å². The molecular formula is C22H20F6N6O. The number of hydrogen-bond donors (Lipinski definition) is 3. The van der Waals surface area contributed by atoms with E-state index in [4.69, 9.17) is 22.2 Å². The minimum atomic E-state index is -4.06. The van der Waals surface area contributed by atoms with Gasteiger partial charge < -0.3 is 16.3 Å². The fraction of sp³-hybridized carbons (Fsp3) is 0.182. The first kappa shape index (κ1) is 25.8. The third kappa shape index (κ3) is 5.63. The lowest BCUT2D eigenvalue weighted by Gasteiger charge is -2.39. The van der Waals surface area contributed by atoms with Gasteiger partial charge in [0.1, 0.15) is 53.2 Å². The molecule has 0 saturated heterocycles. The van der Waals surface area contributed by atoms with Gasteiger partial charge in [-0.2, -0.15) is 13.9 Å². The Morgan fingerprint density at radius 3 is 2.23 bits per heavy atom. The molecule has 0 aliphatic carbocycles. The highest BCUT2D eigenvalue weighted by atomic mass is 19.3. The summed E-state index contributed by atoms with van der Waals surface area (Å²) in [5.74, 6) is 2.59. The zero-order valence-electron chi connectivity index (χ0n) is 17.9. The Hall–Kier alpha value is -3.84. The van der Waals surface area contributed by atoms with Crippen molar-refractivity contribution in [3.05, 3.63) is 94.8 Å². The van der Waals surface area contributed by atoms with E-state index in [9.17, 15) is 17.6 Å². The molecule has 1 atom stereocenters. The molecule has 0 amide bonds. The van der Waals surface area contributed by atoms with Crippen LogP contribution < -0.4 is 22.2 Å². The number of hydrazine groups is 1. The van der Waals surface area contributed by atoms with Gasteiger partial charge in [0.05, 0.1) is 12.7 Å². The maximum absolute atomic E-state index is 15.7. The van der Waals surface area contributed by atoms with Gasteiger partial charge in [-0.1, -0.05) is 6.07 Å². The quantitative estimate of drug-likeness (QED) is 0.137. The minimum absolute atomic E-state index is 0.000482. The maximum atomic E-state index is 15.7. The molecule has 35 heavy (non-hydrogen) atoms. The molecule has 0 spiro atoms. The Kier molecular flexibility index (Phi) is 7.51. The highest BCUT2D eigenvalue weighted by Crippen LogP contribution is 2.44. The van der Waals surface area contributed by atoms with Crippen LogP contribution in [0.4, 0.5) is 26.3 Å². The van der Waals surface area contributed by atoms with Crippen molar-refractivity contribution in [2.75, 3.05) is 6.54 Å². The van der Waals surface area contributed by atoms with Crippen molar-refractivity contribution in [2.24, 2.45) is 22.5 Å². The van der Waals surface area contributed by atoms with Gasteiger partial charge in [-0.15, -0.1) is 0 Å². The van der Waals surface area contributed by atoms with Gasteiger partial charge in [-0.3, -0.25) is 9.99 Å². The molecule has 0 aliphatic heterocycles. The second-order valence-corrected chi connectivity index (χ2v) is 7.55. The standard InChI is InChI=1S/C22H20F6N6O/c23-14-1-3-18(19(26)8-14)21(29,11-34(31)12-33-30)22(27,28)20-4-2-17(9-32-20)35-10-13-5-15(24)7-16(25)6-13/h1-9,12H,10-11,29-31H2/b33-12-. The van der Waals surface area contributed by atoms with E-state index in [1.807, 2.05) is 0 Å². The molecule has 1 heterocycles. The number of pyridine rings is 1. The van der Waals surface area contributed by atoms with Crippen LogP contribution in [-0.4, -0.2) is 22.9 Å². The van der Waals surface area contributed by atoms with Gasteiger partial charge in [0.25, 0.3) is 0 Å². The number of nitrogens with two attached hydrogens (primary N) is 3. The van der Waals surface area contributed by atoms with E-state index >= 15 is 8.78 Å². The van der Waals surface area contributed by atoms with Crippen molar-refractivity contribution < 1.29 is 31.1 Å². The average Bonchev–Trinajstić information content (AvgIpc) is 2.77. The molecule has 0 bridgehead atoms. The third-order valence-corrected chi connectivity index (χ3v) is 5.00. The molecule has 186 valence electrons. The van der Waals surface area contributed by atoms with Crippen molar-refractivity contribution >= 4 is 6.34 Å². The Morgan fingerprint density at radius 1 is 0.971 bits per heavy atom. The van der Waals surface area contributed by atoms with E-state index in [0.717, 1.165) is 48.9 Å². The number of rotatable bonds is 9. The maximum Gasteiger partial charge on any atom is 0.313 e. The van der Waals surface area contributed by atoms with Crippen LogP contribution in [0, 0.1) is 23.3 Å². The van der Waals surface area contributed by atoms with Crippen molar-refractivity contribution in [3.8, 4) is 5.75 Å². The zero-order chi connectivity index (χ0) is 25.8. The van der Waals surface area contributed by atoms with Crippen LogP contribution in [0.5, 0.6) is 5.75 Å². The molecule has 13 heteroatoms. The number of hydrazone groups is 1. The summed E-state index contributed by atoms with van der Waals surface area (Å²) in [6.45, 7) is -1.16. The molecule has 1 unspecified atom stereocenters. The molecule has 1 aromatic heterocycles. The van der Waals surface area contributed by atoms with Crippen molar-refractivity contribution in [2.45, 2.75) is 18.1 Å². The highest BCUT2D eigenvalue weighted by Gasteiger charge is 2.56.